The number of carbonyl (C=O) groups excluding carboxylic acids is 1. The number of piperidine rings is 1. The minimum absolute atomic E-state index is 0.0310. The molecule has 3 fully saturated rings. The van der Waals surface area contributed by atoms with Crippen LogP contribution in [0.4, 0.5) is 14.6 Å². The van der Waals surface area contributed by atoms with Crippen LogP contribution in [0.25, 0.3) is 32.9 Å². The minimum Gasteiger partial charge on any atom is -0.461 e. The standard InChI is InChI=1S/C35H40F2N6O3/c1-45-18-4-10-25-28(36)12-11-23-7-2-9-26(29(23)25)31-30(37)32-27(19-38-31)33(42-15-3-8-24(20-42)39-22-44)41-34(40-32)46-21-35-13-5-16-43(35)17-6-14-35/h2,7,9,11-12,19,22,24H,3-6,8,10,13-18,20-21H2,1H3,(H,39,44). The third-order valence-electron chi connectivity index (χ3n) is 10.1. The van der Waals surface area contributed by atoms with Gasteiger partial charge in [0.15, 0.2) is 5.82 Å². The first-order valence-corrected chi connectivity index (χ1v) is 16.4. The fourth-order valence-electron chi connectivity index (χ4n) is 7.84. The number of halogens is 2. The van der Waals surface area contributed by atoms with Crippen molar-refractivity contribution in [1.82, 2.24) is 25.2 Å². The second-order valence-electron chi connectivity index (χ2n) is 12.8. The molecular formula is C35H40F2N6O3. The quantitative estimate of drug-likeness (QED) is 0.174. The van der Waals surface area contributed by atoms with Gasteiger partial charge in [0, 0.05) is 44.6 Å². The number of hydrogen-bond acceptors (Lipinski definition) is 8. The average molecular weight is 631 g/mol. The number of aromatic nitrogens is 3. The molecule has 0 saturated carbocycles. The van der Waals surface area contributed by atoms with E-state index in [0.29, 0.717) is 66.9 Å². The fraction of sp³-hybridized carbons (Fsp3) is 0.486. The van der Waals surface area contributed by atoms with Gasteiger partial charge in [-0.1, -0.05) is 24.3 Å². The van der Waals surface area contributed by atoms with Crippen LogP contribution in [0.2, 0.25) is 0 Å². The molecule has 3 aliphatic heterocycles. The van der Waals surface area contributed by atoms with Crippen molar-refractivity contribution < 1.29 is 23.0 Å². The second-order valence-corrected chi connectivity index (χ2v) is 12.8. The number of amides is 1. The van der Waals surface area contributed by atoms with E-state index < -0.39 is 5.82 Å². The predicted molar refractivity (Wildman–Crippen MR) is 173 cm³/mol. The number of rotatable bonds is 11. The molecule has 0 spiro atoms. The van der Waals surface area contributed by atoms with Gasteiger partial charge >= 0.3 is 6.01 Å². The molecule has 0 bridgehead atoms. The van der Waals surface area contributed by atoms with Gasteiger partial charge in [0.2, 0.25) is 6.41 Å². The summed E-state index contributed by atoms with van der Waals surface area (Å²) in [5.41, 5.74) is 1.19. The van der Waals surface area contributed by atoms with E-state index in [9.17, 15) is 4.79 Å². The lowest BCUT2D eigenvalue weighted by Gasteiger charge is -2.34. The molecule has 46 heavy (non-hydrogen) atoms. The molecule has 5 heterocycles. The average Bonchev–Trinajstić information content (AvgIpc) is 3.66. The van der Waals surface area contributed by atoms with E-state index in [4.69, 9.17) is 14.5 Å². The van der Waals surface area contributed by atoms with Crippen LogP contribution in [0, 0.1) is 11.6 Å². The summed E-state index contributed by atoms with van der Waals surface area (Å²) in [6.45, 7) is 4.28. The van der Waals surface area contributed by atoms with Crippen LogP contribution in [0.5, 0.6) is 6.01 Å². The summed E-state index contributed by atoms with van der Waals surface area (Å²) in [5.74, 6) is -0.410. The molecular weight excluding hydrogens is 590 g/mol. The van der Waals surface area contributed by atoms with Crippen molar-refractivity contribution in [3.8, 4) is 17.3 Å². The maximum atomic E-state index is 16.9. The van der Waals surface area contributed by atoms with Gasteiger partial charge in [-0.2, -0.15) is 9.97 Å². The highest BCUT2D eigenvalue weighted by Crippen LogP contribution is 2.40. The van der Waals surface area contributed by atoms with Gasteiger partial charge in [-0.15, -0.1) is 0 Å². The monoisotopic (exact) mass is 630 g/mol. The number of benzene rings is 2. The van der Waals surface area contributed by atoms with Crippen molar-refractivity contribution in [1.29, 1.82) is 0 Å². The van der Waals surface area contributed by atoms with Crippen LogP contribution in [0.1, 0.15) is 50.5 Å². The van der Waals surface area contributed by atoms with Crippen LogP contribution < -0.4 is 15.0 Å². The van der Waals surface area contributed by atoms with Crippen LogP contribution in [0.3, 0.4) is 0 Å². The van der Waals surface area contributed by atoms with Crippen LogP contribution >= 0.6 is 0 Å². The Morgan fingerprint density at radius 1 is 1.09 bits per heavy atom. The van der Waals surface area contributed by atoms with E-state index in [1.54, 1.807) is 25.4 Å². The van der Waals surface area contributed by atoms with Gasteiger partial charge < -0.3 is 19.7 Å². The molecule has 7 rings (SSSR count). The first kappa shape index (κ1) is 30.7. The van der Waals surface area contributed by atoms with E-state index >= 15 is 8.78 Å². The fourth-order valence-corrected chi connectivity index (χ4v) is 7.84. The lowest BCUT2D eigenvalue weighted by Crippen LogP contribution is -2.46. The summed E-state index contributed by atoms with van der Waals surface area (Å²) < 4.78 is 43.7. The molecule has 3 aliphatic rings. The number of nitrogens with one attached hydrogen (secondary N) is 1. The Bertz CT molecular complexity index is 1740. The summed E-state index contributed by atoms with van der Waals surface area (Å²) in [6, 6.07) is 8.77. The molecule has 9 nitrogen and oxygen atoms in total. The molecule has 1 amide bonds. The van der Waals surface area contributed by atoms with E-state index in [1.165, 1.54) is 6.07 Å². The Morgan fingerprint density at radius 2 is 1.93 bits per heavy atom. The lowest BCUT2D eigenvalue weighted by molar-refractivity contribution is -0.110. The number of aryl methyl sites for hydroxylation is 1. The normalized spacial score (nSPS) is 19.5. The molecule has 1 unspecified atom stereocenters. The van der Waals surface area contributed by atoms with Crippen molar-refractivity contribution in [2.24, 2.45) is 0 Å². The van der Waals surface area contributed by atoms with E-state index in [2.05, 4.69) is 25.1 Å². The summed E-state index contributed by atoms with van der Waals surface area (Å²) in [4.78, 5) is 29.9. The van der Waals surface area contributed by atoms with Crippen molar-refractivity contribution in [2.75, 3.05) is 51.4 Å². The molecule has 2 aromatic heterocycles. The molecule has 2 aromatic carbocycles. The number of carbonyl (C=O) groups is 1. The predicted octanol–water partition coefficient (Wildman–Crippen LogP) is 5.42. The highest BCUT2D eigenvalue weighted by atomic mass is 19.1. The van der Waals surface area contributed by atoms with Gasteiger partial charge in [0.25, 0.3) is 0 Å². The zero-order chi connectivity index (χ0) is 31.7. The Hall–Kier alpha value is -3.96. The van der Waals surface area contributed by atoms with Gasteiger partial charge in [-0.05, 0) is 86.9 Å². The maximum Gasteiger partial charge on any atom is 0.319 e. The topological polar surface area (TPSA) is 92.7 Å². The van der Waals surface area contributed by atoms with Gasteiger partial charge in [-0.25, -0.2) is 8.78 Å². The molecule has 3 saturated heterocycles. The number of ether oxygens (including phenoxy) is 2. The third kappa shape index (κ3) is 5.64. The first-order valence-electron chi connectivity index (χ1n) is 16.4. The summed E-state index contributed by atoms with van der Waals surface area (Å²) in [6.07, 6.45) is 9.48. The molecule has 242 valence electrons. The Kier molecular flexibility index (Phi) is 8.70. The molecule has 4 aromatic rings. The second kappa shape index (κ2) is 13.0. The highest BCUT2D eigenvalue weighted by molar-refractivity contribution is 6.00. The molecule has 1 N–H and O–H groups in total. The highest BCUT2D eigenvalue weighted by Gasteiger charge is 2.45. The number of methoxy groups -OCH3 is 1. The van der Waals surface area contributed by atoms with Crippen LogP contribution in [0.15, 0.2) is 36.5 Å². The summed E-state index contributed by atoms with van der Waals surface area (Å²) >= 11 is 0. The minimum atomic E-state index is -0.605. The van der Waals surface area contributed by atoms with Gasteiger partial charge in [0.1, 0.15) is 29.5 Å². The largest absolute Gasteiger partial charge is 0.461 e. The van der Waals surface area contributed by atoms with Gasteiger partial charge in [0.05, 0.1) is 10.9 Å². The number of nitrogens with zero attached hydrogens (tertiary/aromatic N) is 5. The SMILES string of the molecule is COCCCc1c(F)ccc2cccc(-c3ncc4c(N5CCCC(NC=O)C5)nc(OCC56CCCN5CCC6)nc4c3F)c12. The van der Waals surface area contributed by atoms with Crippen molar-refractivity contribution in [3.05, 3.63) is 53.7 Å². The first-order chi connectivity index (χ1) is 22.5. The van der Waals surface area contributed by atoms with Crippen molar-refractivity contribution in [2.45, 2.75) is 62.9 Å². The summed E-state index contributed by atoms with van der Waals surface area (Å²) in [7, 11) is 1.62. The Labute approximate surface area is 267 Å². The van der Waals surface area contributed by atoms with Crippen molar-refractivity contribution >= 4 is 33.9 Å². The lowest BCUT2D eigenvalue weighted by atomic mass is 9.94. The summed E-state index contributed by atoms with van der Waals surface area (Å²) in [5, 5.41) is 4.80. The number of pyridine rings is 1. The smallest absolute Gasteiger partial charge is 0.319 e. The molecule has 0 aliphatic carbocycles. The molecule has 11 heteroatoms. The van der Waals surface area contributed by atoms with Gasteiger partial charge in [-0.3, -0.25) is 14.7 Å². The number of fused-ring (bicyclic) bond motifs is 3. The van der Waals surface area contributed by atoms with Crippen LogP contribution in [-0.4, -0.2) is 84.3 Å². The third-order valence-corrected chi connectivity index (χ3v) is 10.1. The van der Waals surface area contributed by atoms with Crippen molar-refractivity contribution in [3.63, 3.8) is 0 Å². The zero-order valence-corrected chi connectivity index (χ0v) is 26.2. The van der Waals surface area contributed by atoms with E-state index in [1.807, 2.05) is 12.1 Å². The van der Waals surface area contributed by atoms with Crippen LogP contribution in [-0.2, 0) is 16.0 Å². The molecule has 0 radical (unpaired) electrons. The zero-order valence-electron chi connectivity index (χ0n) is 26.2. The Balaban J connectivity index is 1.34. The van der Waals surface area contributed by atoms with E-state index in [0.717, 1.165) is 63.4 Å². The Morgan fingerprint density at radius 3 is 2.74 bits per heavy atom. The number of hydrogen-bond donors (Lipinski definition) is 1. The number of anilines is 1. The maximum absolute atomic E-state index is 16.9. The van der Waals surface area contributed by atoms with E-state index in [-0.39, 0.29) is 34.6 Å². The molecule has 1 atom stereocenters.